The van der Waals surface area contributed by atoms with Crippen LogP contribution in [0.1, 0.15) is 93.4 Å². The van der Waals surface area contributed by atoms with Crippen LogP contribution in [-0.2, 0) is 11.3 Å². The molecule has 0 radical (unpaired) electrons. The van der Waals surface area contributed by atoms with E-state index in [2.05, 4.69) is 52.6 Å². The van der Waals surface area contributed by atoms with Crippen LogP contribution >= 0.6 is 0 Å². The summed E-state index contributed by atoms with van der Waals surface area (Å²) in [6.07, 6.45) is 8.10. The van der Waals surface area contributed by atoms with Gasteiger partial charge in [-0.3, -0.25) is 9.51 Å². The molecule has 2 aliphatic carbocycles. The zero-order chi connectivity index (χ0) is 32.0. The molecule has 3 fully saturated rings. The summed E-state index contributed by atoms with van der Waals surface area (Å²) in [4.78, 5) is 46.6. The third-order valence-corrected chi connectivity index (χ3v) is 9.90. The maximum Gasteiger partial charge on any atom is 0.439 e. The van der Waals surface area contributed by atoms with Gasteiger partial charge in [0.1, 0.15) is 11.1 Å². The van der Waals surface area contributed by atoms with Crippen LogP contribution in [0.25, 0.3) is 22.8 Å². The molecule has 2 N–H and O–H groups in total. The van der Waals surface area contributed by atoms with E-state index in [0.717, 1.165) is 23.9 Å². The first-order chi connectivity index (χ1) is 21.4. The van der Waals surface area contributed by atoms with Crippen LogP contribution in [0.2, 0.25) is 0 Å². The average molecular weight is 624 g/mol. The number of carbonyl (C=O) groups excluding carboxylic acids is 1. The van der Waals surface area contributed by atoms with Gasteiger partial charge >= 0.3 is 11.8 Å². The minimum atomic E-state index is -0.658. The Kier molecular flexibility index (Phi) is 8.55. The highest BCUT2D eigenvalue weighted by Gasteiger charge is 2.38. The van der Waals surface area contributed by atoms with Crippen molar-refractivity contribution >= 4 is 29.0 Å². The fourth-order valence-corrected chi connectivity index (χ4v) is 6.97. The highest BCUT2D eigenvalue weighted by atomic mass is 16.6. The number of hydrogen-bond donors (Lipinski definition) is 2. The lowest BCUT2D eigenvalue weighted by molar-refractivity contribution is 0.0128. The molecule has 0 spiro atoms. The van der Waals surface area contributed by atoms with Gasteiger partial charge in [0.15, 0.2) is 11.5 Å². The van der Waals surface area contributed by atoms with E-state index >= 15 is 0 Å². The number of nitrogens with one attached hydrogen (secondary N) is 2. The zero-order valence-electron chi connectivity index (χ0n) is 27.8. The molecule has 3 atom stereocenters. The Morgan fingerprint density at radius 3 is 2.40 bits per heavy atom. The number of amides is 1. The largest absolute Gasteiger partial charge is 0.444 e. The highest BCUT2D eigenvalue weighted by molar-refractivity contribution is 5.87. The minimum absolute atomic E-state index is 0.0136. The second kappa shape index (κ2) is 12.3. The van der Waals surface area contributed by atoms with E-state index in [9.17, 15) is 9.59 Å². The monoisotopic (exact) mass is 623 g/mol. The number of piperazine rings is 1. The normalized spacial score (nSPS) is 25.3. The van der Waals surface area contributed by atoms with Crippen LogP contribution in [0, 0.1) is 17.8 Å². The van der Waals surface area contributed by atoms with Crippen molar-refractivity contribution in [2.45, 2.75) is 124 Å². The molecular formula is C32H49N9O4. The molecule has 3 aliphatic rings. The highest BCUT2D eigenvalue weighted by Crippen LogP contribution is 2.37. The fourth-order valence-electron chi connectivity index (χ4n) is 6.97. The molecule has 0 aromatic carbocycles. The molecule has 1 saturated heterocycles. The molecule has 2 saturated carbocycles. The van der Waals surface area contributed by atoms with E-state index in [1.807, 2.05) is 25.7 Å². The van der Waals surface area contributed by atoms with Crippen molar-refractivity contribution in [1.29, 1.82) is 0 Å². The molecular weight excluding hydrogens is 574 g/mol. The Morgan fingerprint density at radius 1 is 1.04 bits per heavy atom. The Hall–Kier alpha value is -3.64. The number of imidazole rings is 1. The Morgan fingerprint density at radius 2 is 1.78 bits per heavy atom. The van der Waals surface area contributed by atoms with Crippen molar-refractivity contribution in [2.24, 2.45) is 17.8 Å². The maximum absolute atomic E-state index is 13.1. The number of hydrogen-bond acceptors (Lipinski definition) is 10. The van der Waals surface area contributed by atoms with E-state index in [4.69, 9.17) is 24.2 Å². The lowest BCUT2D eigenvalue weighted by atomic mass is 9.80. The molecule has 3 aromatic heterocycles. The number of nitrogens with zero attached hydrogens (tertiary/aromatic N) is 7. The molecule has 1 amide bonds. The molecule has 1 aliphatic heterocycles. The van der Waals surface area contributed by atoms with Crippen molar-refractivity contribution in [3.8, 4) is 11.6 Å². The van der Waals surface area contributed by atoms with E-state index in [-0.39, 0.29) is 35.9 Å². The summed E-state index contributed by atoms with van der Waals surface area (Å²) in [7, 11) is 0. The molecule has 0 unspecified atom stereocenters. The van der Waals surface area contributed by atoms with E-state index < -0.39 is 11.4 Å². The second-order valence-electron chi connectivity index (χ2n) is 14.8. The summed E-state index contributed by atoms with van der Waals surface area (Å²) in [5, 5.41) is 7.60. The molecule has 6 rings (SSSR count). The number of fused-ring (bicyclic) bond motifs is 1. The summed E-state index contributed by atoms with van der Waals surface area (Å²) in [6, 6.07) is 0.109. The molecule has 0 bridgehead atoms. The van der Waals surface area contributed by atoms with Gasteiger partial charge in [-0.05, 0) is 85.0 Å². The van der Waals surface area contributed by atoms with Gasteiger partial charge in [-0.15, -0.1) is 0 Å². The average Bonchev–Trinajstić information content (AvgIpc) is 3.52. The number of rotatable bonds is 7. The van der Waals surface area contributed by atoms with Crippen LogP contribution in [-0.4, -0.2) is 77.5 Å². The summed E-state index contributed by atoms with van der Waals surface area (Å²) in [5.74, 6) is 3.12. The second-order valence-corrected chi connectivity index (χ2v) is 14.8. The Balaban J connectivity index is 1.42. The van der Waals surface area contributed by atoms with Crippen molar-refractivity contribution in [3.05, 3.63) is 10.6 Å². The van der Waals surface area contributed by atoms with Crippen LogP contribution in [0.15, 0.2) is 9.32 Å². The molecule has 4 heterocycles. The Labute approximate surface area is 264 Å². The molecule has 13 nitrogen and oxygen atoms in total. The minimum Gasteiger partial charge on any atom is -0.444 e. The number of aromatic amines is 1. The number of carbonyl (C=O) groups is 1. The van der Waals surface area contributed by atoms with Gasteiger partial charge in [-0.1, -0.05) is 31.3 Å². The van der Waals surface area contributed by atoms with Crippen molar-refractivity contribution in [3.63, 3.8) is 0 Å². The zero-order valence-corrected chi connectivity index (χ0v) is 27.8. The van der Waals surface area contributed by atoms with Gasteiger partial charge in [0.2, 0.25) is 17.6 Å². The van der Waals surface area contributed by atoms with Gasteiger partial charge in [0.05, 0.1) is 0 Å². The van der Waals surface area contributed by atoms with E-state index in [1.54, 1.807) is 0 Å². The third kappa shape index (κ3) is 6.67. The summed E-state index contributed by atoms with van der Waals surface area (Å²) in [5.41, 5.74) is 0.840. The van der Waals surface area contributed by atoms with Gasteiger partial charge in [0.25, 0.3) is 0 Å². The van der Waals surface area contributed by atoms with Crippen LogP contribution in [0.4, 0.5) is 16.6 Å². The van der Waals surface area contributed by atoms with Gasteiger partial charge in [0, 0.05) is 37.8 Å². The van der Waals surface area contributed by atoms with E-state index in [0.29, 0.717) is 36.4 Å². The first-order valence-corrected chi connectivity index (χ1v) is 16.7. The van der Waals surface area contributed by atoms with Crippen molar-refractivity contribution in [1.82, 2.24) is 34.6 Å². The Bertz CT molecular complexity index is 1560. The fraction of sp³-hybridized carbons (Fsp3) is 0.750. The predicted molar refractivity (Wildman–Crippen MR) is 172 cm³/mol. The molecule has 45 heavy (non-hydrogen) atoms. The number of aromatic nitrogens is 6. The maximum atomic E-state index is 13.1. The summed E-state index contributed by atoms with van der Waals surface area (Å²) >= 11 is 0. The quantitative estimate of drug-likeness (QED) is 0.349. The smallest absolute Gasteiger partial charge is 0.439 e. The lowest BCUT2D eigenvalue weighted by Gasteiger charge is -2.44. The topological polar surface area (TPSA) is 147 Å². The molecule has 13 heteroatoms. The van der Waals surface area contributed by atoms with Gasteiger partial charge in [-0.25, -0.2) is 19.6 Å². The van der Waals surface area contributed by atoms with Crippen LogP contribution in [0.5, 0.6) is 0 Å². The standard InChI is InChI=1S/C32H49N9O4/c1-18-11-13-22(14-12-18)17-41-24-25(33-21(4)23-9-8-10-23)34-27(28-37-30(42)45-38-28)35-26(24)36-29(41)39-15-20(3)40(16-19(39)2)31(43)44-32(5,6)7/h18-23H,8-17H2,1-7H3,(H,33,34,35)(H,37,38,42)/t18-,19-,20+,21-,22-/m1/s1. The SMILES string of the molecule is C[C@@H]1CN(C(=O)OC(C)(C)C)[C@@H](C)CN1c1nc2nc(-c3noc(=O)[nH]3)nc(N[C@H](C)C3CCC3)c2n1C[C@H]1CC[C@H](C)CC1. The first kappa shape index (κ1) is 31.3. The van der Waals surface area contributed by atoms with Gasteiger partial charge < -0.3 is 24.4 Å². The number of H-pyrrole nitrogens is 1. The van der Waals surface area contributed by atoms with Crippen molar-refractivity contribution in [2.75, 3.05) is 23.3 Å². The van der Waals surface area contributed by atoms with Crippen LogP contribution < -0.4 is 16.0 Å². The lowest BCUT2D eigenvalue weighted by Crippen LogP contribution is -2.59. The number of ether oxygens (including phenoxy) is 1. The van der Waals surface area contributed by atoms with Crippen molar-refractivity contribution < 1.29 is 14.1 Å². The van der Waals surface area contributed by atoms with E-state index in [1.165, 1.54) is 44.9 Å². The van der Waals surface area contributed by atoms with Crippen LogP contribution in [0.3, 0.4) is 0 Å². The molecule has 3 aromatic rings. The summed E-state index contributed by atoms with van der Waals surface area (Å²) in [6.45, 7) is 16.3. The molecule has 246 valence electrons. The van der Waals surface area contributed by atoms with Gasteiger partial charge in [-0.2, -0.15) is 4.98 Å². The summed E-state index contributed by atoms with van der Waals surface area (Å²) < 4.78 is 12.9. The predicted octanol–water partition coefficient (Wildman–Crippen LogP) is 5.43. The number of anilines is 2. The first-order valence-electron chi connectivity index (χ1n) is 16.7. The third-order valence-electron chi connectivity index (χ3n) is 9.90.